The van der Waals surface area contributed by atoms with Gasteiger partial charge < -0.3 is 9.72 Å². The number of aromatic nitrogens is 2. The summed E-state index contributed by atoms with van der Waals surface area (Å²) in [6.07, 6.45) is 4.55. The van der Waals surface area contributed by atoms with Gasteiger partial charge in [-0.25, -0.2) is 4.98 Å². The van der Waals surface area contributed by atoms with Gasteiger partial charge in [0.05, 0.1) is 11.2 Å². The molecule has 2 aromatic heterocycles. The Hall–Kier alpha value is -1.06. The third kappa shape index (κ3) is 1.60. The molecule has 2 heterocycles. The van der Waals surface area contributed by atoms with Gasteiger partial charge >= 0.3 is 0 Å². The molecule has 0 spiro atoms. The zero-order chi connectivity index (χ0) is 11.1. The van der Waals surface area contributed by atoms with Crippen LogP contribution in [0.2, 0.25) is 5.02 Å². The van der Waals surface area contributed by atoms with Crippen LogP contribution in [0, 0.1) is 0 Å². The Morgan fingerprint density at radius 1 is 1.56 bits per heavy atom. The molecule has 0 saturated heterocycles. The number of nitrogens with zero attached hydrogens (tertiary/aromatic N) is 2. The summed E-state index contributed by atoms with van der Waals surface area (Å²) >= 11 is 6.03. The van der Waals surface area contributed by atoms with E-state index in [1.165, 1.54) is 18.7 Å². The summed E-state index contributed by atoms with van der Waals surface area (Å²) in [5.41, 5.74) is 2.22. The van der Waals surface area contributed by atoms with Gasteiger partial charge in [0, 0.05) is 23.7 Å². The average Bonchev–Trinajstić information content (AvgIpc) is 3.04. The average molecular weight is 236 g/mol. The highest BCUT2D eigenvalue weighted by atomic mass is 35.5. The van der Waals surface area contributed by atoms with Crippen molar-refractivity contribution in [2.75, 3.05) is 7.05 Å². The van der Waals surface area contributed by atoms with E-state index in [0.717, 1.165) is 22.8 Å². The van der Waals surface area contributed by atoms with Crippen molar-refractivity contribution in [1.29, 1.82) is 0 Å². The van der Waals surface area contributed by atoms with Gasteiger partial charge in [0.15, 0.2) is 0 Å². The number of fused-ring (bicyclic) bond motifs is 1. The van der Waals surface area contributed by atoms with Crippen LogP contribution in [-0.2, 0) is 6.54 Å². The van der Waals surface area contributed by atoms with Gasteiger partial charge in [0.1, 0.15) is 5.82 Å². The molecule has 1 N–H and O–H groups in total. The lowest BCUT2D eigenvalue weighted by atomic mass is 10.3. The fourth-order valence-corrected chi connectivity index (χ4v) is 2.23. The molecular formula is C12H14ClN3. The minimum Gasteiger partial charge on any atom is -0.314 e. The van der Waals surface area contributed by atoms with Crippen LogP contribution >= 0.6 is 11.6 Å². The number of hydrogen-bond acceptors (Lipinski definition) is 2. The van der Waals surface area contributed by atoms with E-state index in [1.54, 1.807) is 0 Å². The predicted molar refractivity (Wildman–Crippen MR) is 64.9 cm³/mol. The molecule has 0 aromatic carbocycles. The molecule has 1 aliphatic carbocycles. The van der Waals surface area contributed by atoms with Gasteiger partial charge in [-0.1, -0.05) is 11.6 Å². The van der Waals surface area contributed by atoms with Gasteiger partial charge in [-0.15, -0.1) is 0 Å². The van der Waals surface area contributed by atoms with Crippen molar-refractivity contribution >= 4 is 17.1 Å². The predicted octanol–water partition coefficient (Wildman–Crippen LogP) is 2.58. The number of imidazole rings is 1. The van der Waals surface area contributed by atoms with Crippen molar-refractivity contribution in [1.82, 2.24) is 14.7 Å². The Bertz CT molecular complexity index is 528. The third-order valence-electron chi connectivity index (χ3n) is 3.00. The van der Waals surface area contributed by atoms with E-state index in [1.807, 2.05) is 25.4 Å². The van der Waals surface area contributed by atoms with Crippen LogP contribution in [0.4, 0.5) is 0 Å². The summed E-state index contributed by atoms with van der Waals surface area (Å²) in [4.78, 5) is 4.72. The first-order chi connectivity index (χ1) is 7.79. The van der Waals surface area contributed by atoms with E-state index in [9.17, 15) is 0 Å². The minimum absolute atomic E-state index is 0.652. The van der Waals surface area contributed by atoms with E-state index in [4.69, 9.17) is 16.6 Å². The first-order valence-electron chi connectivity index (χ1n) is 5.60. The Morgan fingerprint density at radius 3 is 3.06 bits per heavy atom. The molecule has 4 heteroatoms. The van der Waals surface area contributed by atoms with Crippen molar-refractivity contribution in [3.05, 3.63) is 34.9 Å². The lowest BCUT2D eigenvalue weighted by Crippen LogP contribution is -2.05. The highest BCUT2D eigenvalue weighted by Crippen LogP contribution is 2.40. The van der Waals surface area contributed by atoms with E-state index >= 15 is 0 Å². The topological polar surface area (TPSA) is 29.3 Å². The second-order valence-corrected chi connectivity index (χ2v) is 4.76. The zero-order valence-corrected chi connectivity index (χ0v) is 9.96. The summed E-state index contributed by atoms with van der Waals surface area (Å²) in [5, 5.41) is 3.92. The van der Waals surface area contributed by atoms with Crippen LogP contribution in [-0.4, -0.2) is 16.4 Å². The van der Waals surface area contributed by atoms with Crippen LogP contribution < -0.4 is 5.32 Å². The smallest absolute Gasteiger partial charge is 0.116 e. The molecule has 0 radical (unpaired) electrons. The maximum absolute atomic E-state index is 6.03. The van der Waals surface area contributed by atoms with Crippen LogP contribution in [0.3, 0.4) is 0 Å². The summed E-state index contributed by atoms with van der Waals surface area (Å²) in [6.45, 7) is 0.788. The number of hydrogen-bond donors (Lipinski definition) is 1. The van der Waals surface area contributed by atoms with Gasteiger partial charge in [0.2, 0.25) is 0 Å². The number of halogens is 1. The molecule has 0 unspecified atom stereocenters. The standard InChI is InChI=1S/C12H14ClN3/c1-14-7-10-11-6-9(13)4-5-16(11)12(15-10)8-2-3-8/h4-6,8,14H,2-3,7H2,1H3. The molecule has 3 rings (SSSR count). The first kappa shape index (κ1) is 10.1. The molecule has 0 bridgehead atoms. The van der Waals surface area contributed by atoms with E-state index < -0.39 is 0 Å². The quantitative estimate of drug-likeness (QED) is 0.886. The molecule has 84 valence electrons. The zero-order valence-electron chi connectivity index (χ0n) is 9.20. The largest absolute Gasteiger partial charge is 0.314 e. The molecular weight excluding hydrogens is 222 g/mol. The number of nitrogens with one attached hydrogen (secondary N) is 1. The molecule has 0 aliphatic heterocycles. The molecule has 2 aromatic rings. The highest BCUT2D eigenvalue weighted by molar-refractivity contribution is 6.30. The summed E-state index contributed by atoms with van der Waals surface area (Å²) in [5.74, 6) is 1.84. The fourth-order valence-electron chi connectivity index (χ4n) is 2.07. The molecule has 3 nitrogen and oxygen atoms in total. The molecule has 1 saturated carbocycles. The number of rotatable bonds is 3. The van der Waals surface area contributed by atoms with Gasteiger partial charge in [-0.2, -0.15) is 0 Å². The third-order valence-corrected chi connectivity index (χ3v) is 3.23. The van der Waals surface area contributed by atoms with Gasteiger partial charge in [0.25, 0.3) is 0 Å². The lowest BCUT2D eigenvalue weighted by molar-refractivity contribution is 0.795. The molecule has 1 aliphatic rings. The van der Waals surface area contributed by atoms with Crippen LogP contribution in [0.1, 0.15) is 30.3 Å². The monoisotopic (exact) mass is 235 g/mol. The molecule has 1 fully saturated rings. The van der Waals surface area contributed by atoms with Crippen LogP contribution in [0.15, 0.2) is 18.3 Å². The summed E-state index contributed by atoms with van der Waals surface area (Å²) in [6, 6.07) is 3.92. The van der Waals surface area contributed by atoms with Crippen molar-refractivity contribution < 1.29 is 0 Å². The Kier molecular flexibility index (Phi) is 2.37. The van der Waals surface area contributed by atoms with Crippen molar-refractivity contribution in [3.8, 4) is 0 Å². The lowest BCUT2D eigenvalue weighted by Gasteiger charge is -1.99. The maximum Gasteiger partial charge on any atom is 0.116 e. The molecule has 0 atom stereocenters. The van der Waals surface area contributed by atoms with E-state index in [-0.39, 0.29) is 0 Å². The normalized spacial score (nSPS) is 15.9. The van der Waals surface area contributed by atoms with Crippen molar-refractivity contribution in [2.45, 2.75) is 25.3 Å². The maximum atomic E-state index is 6.03. The number of pyridine rings is 1. The Morgan fingerprint density at radius 2 is 2.38 bits per heavy atom. The van der Waals surface area contributed by atoms with Crippen LogP contribution in [0.5, 0.6) is 0 Å². The van der Waals surface area contributed by atoms with Gasteiger partial charge in [-0.3, -0.25) is 0 Å². The summed E-state index contributed by atoms with van der Waals surface area (Å²) in [7, 11) is 1.94. The van der Waals surface area contributed by atoms with Crippen molar-refractivity contribution in [3.63, 3.8) is 0 Å². The molecule has 0 amide bonds. The van der Waals surface area contributed by atoms with Crippen molar-refractivity contribution in [2.24, 2.45) is 0 Å². The molecule has 16 heavy (non-hydrogen) atoms. The highest BCUT2D eigenvalue weighted by Gasteiger charge is 2.29. The first-order valence-corrected chi connectivity index (χ1v) is 5.98. The Balaban J connectivity index is 2.20. The second kappa shape index (κ2) is 3.75. The minimum atomic E-state index is 0.652. The van der Waals surface area contributed by atoms with Crippen LogP contribution in [0.25, 0.3) is 5.52 Å². The summed E-state index contributed by atoms with van der Waals surface area (Å²) < 4.78 is 2.18. The van der Waals surface area contributed by atoms with Gasteiger partial charge in [-0.05, 0) is 32.0 Å². The Labute approximate surface area is 99.4 Å². The SMILES string of the molecule is CNCc1nc(C2CC2)n2ccc(Cl)cc12. The fraction of sp³-hybridized carbons (Fsp3) is 0.417. The van der Waals surface area contributed by atoms with E-state index in [2.05, 4.69) is 9.72 Å². The second-order valence-electron chi connectivity index (χ2n) is 4.32. The van der Waals surface area contributed by atoms with E-state index in [0.29, 0.717) is 5.92 Å².